The minimum atomic E-state index is -0.279. The molecule has 1 amide bonds. The number of hydrogen-bond acceptors (Lipinski definition) is 3. The summed E-state index contributed by atoms with van der Waals surface area (Å²) >= 11 is 0. The molecule has 0 bridgehead atoms. The predicted molar refractivity (Wildman–Crippen MR) is 80.5 cm³/mol. The van der Waals surface area contributed by atoms with Crippen molar-refractivity contribution in [1.29, 1.82) is 0 Å². The molecule has 2 N–H and O–H groups in total. The van der Waals surface area contributed by atoms with Crippen molar-refractivity contribution in [2.45, 2.75) is 82.9 Å². The molecule has 0 spiro atoms. The fourth-order valence-electron chi connectivity index (χ4n) is 3.63. The monoisotopic (exact) mass is 282 g/mol. The molecule has 2 atom stereocenters. The number of likely N-dealkylation sites (tertiary alicyclic amines) is 1. The summed E-state index contributed by atoms with van der Waals surface area (Å²) in [5.74, 6) is 0.175. The van der Waals surface area contributed by atoms with Gasteiger partial charge in [0.2, 0.25) is 5.91 Å². The Morgan fingerprint density at radius 3 is 2.60 bits per heavy atom. The van der Waals surface area contributed by atoms with Crippen molar-refractivity contribution >= 4 is 5.91 Å². The second-order valence-corrected chi connectivity index (χ2v) is 6.61. The molecule has 0 aromatic carbocycles. The molecule has 1 aliphatic heterocycles. The SMILES string of the molecule is CC(O)CC1CCCCCN1CC(=O)NC1CCCC1. The van der Waals surface area contributed by atoms with Crippen LogP contribution in [-0.4, -0.2) is 47.2 Å². The number of carbonyl (C=O) groups is 1. The van der Waals surface area contributed by atoms with Gasteiger partial charge in [0.05, 0.1) is 12.6 Å². The largest absolute Gasteiger partial charge is 0.393 e. The lowest BCUT2D eigenvalue weighted by Crippen LogP contribution is -2.45. The van der Waals surface area contributed by atoms with Crippen molar-refractivity contribution in [2.75, 3.05) is 13.1 Å². The molecular weight excluding hydrogens is 252 g/mol. The molecule has 1 saturated carbocycles. The first-order chi connectivity index (χ1) is 9.65. The van der Waals surface area contributed by atoms with E-state index in [1.165, 1.54) is 32.1 Å². The zero-order valence-corrected chi connectivity index (χ0v) is 12.8. The van der Waals surface area contributed by atoms with Gasteiger partial charge in [-0.1, -0.05) is 25.7 Å². The zero-order valence-electron chi connectivity index (χ0n) is 12.8. The lowest BCUT2D eigenvalue weighted by atomic mass is 10.0. The fourth-order valence-corrected chi connectivity index (χ4v) is 3.63. The Kier molecular flexibility index (Phi) is 6.30. The van der Waals surface area contributed by atoms with Crippen LogP contribution in [0.3, 0.4) is 0 Å². The van der Waals surface area contributed by atoms with E-state index in [0.29, 0.717) is 18.6 Å². The lowest BCUT2D eigenvalue weighted by Gasteiger charge is -2.30. The summed E-state index contributed by atoms with van der Waals surface area (Å²) in [6.45, 7) is 3.35. The number of aliphatic hydroxyl groups is 1. The molecule has 1 heterocycles. The average molecular weight is 282 g/mol. The van der Waals surface area contributed by atoms with E-state index >= 15 is 0 Å². The molecule has 2 fully saturated rings. The maximum atomic E-state index is 12.2. The number of carbonyl (C=O) groups excluding carboxylic acids is 1. The van der Waals surface area contributed by atoms with Crippen LogP contribution in [0.1, 0.15) is 64.7 Å². The molecule has 0 aromatic rings. The molecule has 20 heavy (non-hydrogen) atoms. The van der Waals surface area contributed by atoms with Crippen molar-refractivity contribution in [3.05, 3.63) is 0 Å². The van der Waals surface area contributed by atoms with Crippen molar-refractivity contribution in [1.82, 2.24) is 10.2 Å². The predicted octanol–water partition coefficient (Wildman–Crippen LogP) is 2.06. The molecule has 0 aromatic heterocycles. The number of amides is 1. The molecule has 116 valence electrons. The van der Waals surface area contributed by atoms with E-state index in [4.69, 9.17) is 0 Å². The van der Waals surface area contributed by atoms with Crippen LogP contribution in [0.25, 0.3) is 0 Å². The van der Waals surface area contributed by atoms with E-state index in [0.717, 1.165) is 32.2 Å². The molecule has 2 unspecified atom stereocenters. The fraction of sp³-hybridized carbons (Fsp3) is 0.938. The molecule has 4 heteroatoms. The van der Waals surface area contributed by atoms with Gasteiger partial charge in [-0.25, -0.2) is 0 Å². The second-order valence-electron chi connectivity index (χ2n) is 6.61. The third-order valence-electron chi connectivity index (χ3n) is 4.68. The summed E-state index contributed by atoms with van der Waals surface area (Å²) in [5, 5.41) is 12.8. The van der Waals surface area contributed by atoms with Crippen molar-refractivity contribution in [3.63, 3.8) is 0 Å². The minimum absolute atomic E-state index is 0.175. The Hall–Kier alpha value is -0.610. The maximum absolute atomic E-state index is 12.2. The van der Waals surface area contributed by atoms with E-state index < -0.39 is 0 Å². The van der Waals surface area contributed by atoms with Gasteiger partial charge < -0.3 is 10.4 Å². The first kappa shape index (κ1) is 15.8. The normalized spacial score (nSPS) is 27.2. The Labute approximate surface area is 122 Å². The molecular formula is C16H30N2O2. The van der Waals surface area contributed by atoms with E-state index in [-0.39, 0.29) is 12.0 Å². The van der Waals surface area contributed by atoms with Gasteiger partial charge in [0.1, 0.15) is 0 Å². The smallest absolute Gasteiger partial charge is 0.234 e. The average Bonchev–Trinajstić information content (AvgIpc) is 2.79. The topological polar surface area (TPSA) is 52.6 Å². The molecule has 2 rings (SSSR count). The summed E-state index contributed by atoms with van der Waals surface area (Å²) in [6.07, 6.45) is 10.0. The summed E-state index contributed by atoms with van der Waals surface area (Å²) in [6, 6.07) is 0.775. The molecule has 0 radical (unpaired) electrons. The van der Waals surface area contributed by atoms with Crippen LogP contribution >= 0.6 is 0 Å². The summed E-state index contributed by atoms with van der Waals surface area (Å²) in [7, 11) is 0. The van der Waals surface area contributed by atoms with Crippen LogP contribution in [0.4, 0.5) is 0 Å². The van der Waals surface area contributed by atoms with Gasteiger partial charge in [-0.05, 0) is 45.6 Å². The Balaban J connectivity index is 1.83. The van der Waals surface area contributed by atoms with E-state index in [1.54, 1.807) is 0 Å². The molecule has 1 aliphatic carbocycles. The van der Waals surface area contributed by atoms with Gasteiger partial charge in [0.15, 0.2) is 0 Å². The van der Waals surface area contributed by atoms with Crippen LogP contribution in [0, 0.1) is 0 Å². The van der Waals surface area contributed by atoms with Crippen LogP contribution < -0.4 is 5.32 Å². The van der Waals surface area contributed by atoms with E-state index in [9.17, 15) is 9.90 Å². The lowest BCUT2D eigenvalue weighted by molar-refractivity contribution is -0.123. The number of rotatable bonds is 5. The first-order valence-electron chi connectivity index (χ1n) is 8.36. The Morgan fingerprint density at radius 1 is 1.20 bits per heavy atom. The highest BCUT2D eigenvalue weighted by Crippen LogP contribution is 2.21. The summed E-state index contributed by atoms with van der Waals surface area (Å²) < 4.78 is 0. The Bertz CT molecular complexity index is 301. The highest BCUT2D eigenvalue weighted by atomic mass is 16.3. The second kappa shape index (κ2) is 7.99. The standard InChI is InChI=1S/C16H30N2O2/c1-13(19)11-15-9-3-2-6-10-18(15)12-16(20)17-14-7-4-5-8-14/h13-15,19H,2-12H2,1H3,(H,17,20). The zero-order chi connectivity index (χ0) is 14.4. The van der Waals surface area contributed by atoms with Gasteiger partial charge in [-0.2, -0.15) is 0 Å². The number of nitrogens with zero attached hydrogens (tertiary/aromatic N) is 1. The number of nitrogens with one attached hydrogen (secondary N) is 1. The quantitative estimate of drug-likeness (QED) is 0.811. The van der Waals surface area contributed by atoms with Gasteiger partial charge in [-0.15, -0.1) is 0 Å². The first-order valence-corrected chi connectivity index (χ1v) is 8.36. The van der Waals surface area contributed by atoms with Crippen LogP contribution in [-0.2, 0) is 4.79 Å². The van der Waals surface area contributed by atoms with Crippen molar-refractivity contribution < 1.29 is 9.90 Å². The van der Waals surface area contributed by atoms with Crippen LogP contribution in [0.15, 0.2) is 0 Å². The minimum Gasteiger partial charge on any atom is -0.393 e. The van der Waals surface area contributed by atoms with E-state index in [1.807, 2.05) is 6.92 Å². The van der Waals surface area contributed by atoms with Gasteiger partial charge in [0, 0.05) is 12.1 Å². The highest BCUT2D eigenvalue weighted by Gasteiger charge is 2.25. The molecule has 4 nitrogen and oxygen atoms in total. The van der Waals surface area contributed by atoms with Gasteiger partial charge >= 0.3 is 0 Å². The van der Waals surface area contributed by atoms with Crippen molar-refractivity contribution in [2.24, 2.45) is 0 Å². The van der Waals surface area contributed by atoms with Gasteiger partial charge in [0.25, 0.3) is 0 Å². The van der Waals surface area contributed by atoms with Crippen LogP contribution in [0.2, 0.25) is 0 Å². The summed E-state index contributed by atoms with van der Waals surface area (Å²) in [4.78, 5) is 14.5. The third-order valence-corrected chi connectivity index (χ3v) is 4.68. The molecule has 1 saturated heterocycles. The summed E-state index contributed by atoms with van der Waals surface area (Å²) in [5.41, 5.74) is 0. The van der Waals surface area contributed by atoms with Crippen molar-refractivity contribution in [3.8, 4) is 0 Å². The highest BCUT2D eigenvalue weighted by molar-refractivity contribution is 5.78. The maximum Gasteiger partial charge on any atom is 0.234 e. The number of hydrogen-bond donors (Lipinski definition) is 2. The third kappa shape index (κ3) is 5.06. The van der Waals surface area contributed by atoms with Gasteiger partial charge in [-0.3, -0.25) is 9.69 Å². The molecule has 2 aliphatic rings. The Morgan fingerprint density at radius 2 is 1.90 bits per heavy atom. The number of aliphatic hydroxyl groups excluding tert-OH is 1. The van der Waals surface area contributed by atoms with E-state index in [2.05, 4.69) is 10.2 Å². The van der Waals surface area contributed by atoms with Crippen LogP contribution in [0.5, 0.6) is 0 Å².